The molecule has 0 bridgehead atoms. The van der Waals surface area contributed by atoms with Crippen LogP contribution in [0, 0.1) is 0 Å². The molecule has 0 fully saturated rings. The molecule has 7 nitrogen and oxygen atoms in total. The summed E-state index contributed by atoms with van der Waals surface area (Å²) in [5.41, 5.74) is 1.69. The number of hydrogen-bond acceptors (Lipinski definition) is 5. The van der Waals surface area contributed by atoms with Crippen molar-refractivity contribution in [2.75, 3.05) is 6.61 Å². The lowest BCUT2D eigenvalue weighted by Crippen LogP contribution is -2.10. The molecule has 0 radical (unpaired) electrons. The van der Waals surface area contributed by atoms with E-state index in [9.17, 15) is 14.7 Å². The normalized spacial score (nSPS) is 10.7. The summed E-state index contributed by atoms with van der Waals surface area (Å²) < 4.78 is 6.77. The first-order chi connectivity index (χ1) is 12.5. The third kappa shape index (κ3) is 3.87. The summed E-state index contributed by atoms with van der Waals surface area (Å²) in [5.74, 6) is -2.60. The number of ether oxygens (including phenoxy) is 1. The van der Waals surface area contributed by atoms with Crippen molar-refractivity contribution in [1.29, 1.82) is 0 Å². The molecule has 0 unspecified atom stereocenters. The number of halogens is 1. The van der Waals surface area contributed by atoms with E-state index in [0.29, 0.717) is 17.0 Å². The molecule has 3 rings (SSSR count). The minimum absolute atomic E-state index is 0.0629. The van der Waals surface area contributed by atoms with Crippen LogP contribution >= 0.6 is 22.9 Å². The van der Waals surface area contributed by atoms with Crippen LogP contribution in [0.25, 0.3) is 10.4 Å². The standard InChI is InChI=1S/C17H13ClN2O5S/c18-13-14(25-9-12(21)22)16(17(23)24)26-15(13)11-6-19-20(8-11)7-10-4-2-1-3-5-10/h1-6,8H,7,9H2,(H,21,22)(H,23,24). The highest BCUT2D eigenvalue weighted by atomic mass is 35.5. The first-order valence-electron chi connectivity index (χ1n) is 7.42. The van der Waals surface area contributed by atoms with E-state index in [0.717, 1.165) is 16.9 Å². The van der Waals surface area contributed by atoms with E-state index in [1.54, 1.807) is 17.1 Å². The van der Waals surface area contributed by atoms with E-state index in [1.807, 2.05) is 30.3 Å². The minimum atomic E-state index is -1.24. The molecule has 0 saturated heterocycles. The van der Waals surface area contributed by atoms with Gasteiger partial charge in [-0.1, -0.05) is 41.9 Å². The molecule has 0 aliphatic carbocycles. The third-order valence-electron chi connectivity index (χ3n) is 3.43. The van der Waals surface area contributed by atoms with E-state index in [-0.39, 0.29) is 15.6 Å². The Balaban J connectivity index is 1.90. The van der Waals surface area contributed by atoms with Crippen LogP contribution in [-0.4, -0.2) is 38.5 Å². The zero-order valence-electron chi connectivity index (χ0n) is 13.3. The summed E-state index contributed by atoms with van der Waals surface area (Å²) in [6.45, 7) is -0.124. The molecule has 0 aliphatic rings. The fourth-order valence-electron chi connectivity index (χ4n) is 2.32. The maximum Gasteiger partial charge on any atom is 0.349 e. The molecule has 0 saturated carbocycles. The molecule has 26 heavy (non-hydrogen) atoms. The second kappa shape index (κ2) is 7.59. The van der Waals surface area contributed by atoms with E-state index in [2.05, 4.69) is 5.10 Å². The van der Waals surface area contributed by atoms with E-state index in [4.69, 9.17) is 21.4 Å². The van der Waals surface area contributed by atoms with Crippen molar-refractivity contribution in [2.24, 2.45) is 0 Å². The third-order valence-corrected chi connectivity index (χ3v) is 5.11. The molecule has 0 atom stereocenters. The number of hydrogen-bond donors (Lipinski definition) is 2. The average Bonchev–Trinajstić information content (AvgIpc) is 3.18. The quantitative estimate of drug-likeness (QED) is 0.638. The van der Waals surface area contributed by atoms with Gasteiger partial charge in [0.1, 0.15) is 5.02 Å². The van der Waals surface area contributed by atoms with E-state index in [1.165, 1.54) is 0 Å². The highest BCUT2D eigenvalue weighted by Gasteiger charge is 2.25. The van der Waals surface area contributed by atoms with Crippen molar-refractivity contribution >= 4 is 34.9 Å². The second-order valence-electron chi connectivity index (χ2n) is 5.30. The highest BCUT2D eigenvalue weighted by Crippen LogP contribution is 2.45. The molecular weight excluding hydrogens is 380 g/mol. The number of carboxylic acid groups (broad SMARTS) is 2. The molecule has 2 heterocycles. The number of carboxylic acids is 2. The van der Waals surface area contributed by atoms with Gasteiger partial charge in [0, 0.05) is 11.8 Å². The van der Waals surface area contributed by atoms with Gasteiger partial charge in [0.2, 0.25) is 0 Å². The van der Waals surface area contributed by atoms with Gasteiger partial charge < -0.3 is 14.9 Å². The first-order valence-corrected chi connectivity index (χ1v) is 8.62. The van der Waals surface area contributed by atoms with Gasteiger partial charge in [-0.05, 0) is 5.56 Å². The molecular formula is C17H13ClN2O5S. The van der Waals surface area contributed by atoms with Crippen LogP contribution in [0.1, 0.15) is 15.2 Å². The Morgan fingerprint density at radius 3 is 2.62 bits per heavy atom. The van der Waals surface area contributed by atoms with Crippen molar-refractivity contribution in [3.05, 3.63) is 58.2 Å². The fraction of sp³-hybridized carbons (Fsp3) is 0.118. The van der Waals surface area contributed by atoms with Crippen LogP contribution in [0.3, 0.4) is 0 Å². The van der Waals surface area contributed by atoms with Crippen LogP contribution < -0.4 is 4.74 Å². The Morgan fingerprint density at radius 2 is 1.96 bits per heavy atom. The van der Waals surface area contributed by atoms with Gasteiger partial charge in [-0.3, -0.25) is 4.68 Å². The van der Waals surface area contributed by atoms with E-state index < -0.39 is 18.5 Å². The Bertz CT molecular complexity index is 951. The number of aromatic nitrogens is 2. The lowest BCUT2D eigenvalue weighted by Gasteiger charge is -2.03. The molecule has 0 spiro atoms. The lowest BCUT2D eigenvalue weighted by molar-refractivity contribution is -0.139. The van der Waals surface area contributed by atoms with Gasteiger partial charge in [-0.25, -0.2) is 9.59 Å². The van der Waals surface area contributed by atoms with Gasteiger partial charge >= 0.3 is 11.9 Å². The molecule has 1 aromatic carbocycles. The second-order valence-corrected chi connectivity index (χ2v) is 6.70. The van der Waals surface area contributed by atoms with Gasteiger partial charge in [-0.15, -0.1) is 11.3 Å². The Hall–Kier alpha value is -2.84. The summed E-state index contributed by atoms with van der Waals surface area (Å²) in [6.07, 6.45) is 3.32. The molecule has 134 valence electrons. The molecule has 9 heteroatoms. The predicted octanol–water partition coefficient (Wildman–Crippen LogP) is 3.47. The number of carbonyl (C=O) groups is 2. The number of nitrogens with zero attached hydrogens (tertiary/aromatic N) is 2. The molecule has 2 aromatic heterocycles. The highest BCUT2D eigenvalue weighted by molar-refractivity contribution is 7.18. The number of thiophene rings is 1. The molecule has 2 N–H and O–H groups in total. The number of benzene rings is 1. The summed E-state index contributed by atoms with van der Waals surface area (Å²) in [6, 6.07) is 9.73. The maximum atomic E-state index is 11.4. The first kappa shape index (κ1) is 18.0. The fourth-order valence-corrected chi connectivity index (χ4v) is 3.70. The van der Waals surface area contributed by atoms with Gasteiger partial charge in [0.25, 0.3) is 0 Å². The van der Waals surface area contributed by atoms with Crippen molar-refractivity contribution in [1.82, 2.24) is 9.78 Å². The zero-order chi connectivity index (χ0) is 18.7. The summed E-state index contributed by atoms with van der Waals surface area (Å²) in [7, 11) is 0. The molecule has 0 amide bonds. The van der Waals surface area contributed by atoms with E-state index >= 15 is 0 Å². The number of rotatable bonds is 7. The van der Waals surface area contributed by atoms with Gasteiger partial charge in [-0.2, -0.15) is 5.10 Å². The zero-order valence-corrected chi connectivity index (χ0v) is 14.8. The largest absolute Gasteiger partial charge is 0.479 e. The van der Waals surface area contributed by atoms with Gasteiger partial charge in [0.05, 0.1) is 17.6 Å². The summed E-state index contributed by atoms with van der Waals surface area (Å²) in [4.78, 5) is 22.4. The van der Waals surface area contributed by atoms with Crippen LogP contribution in [0.4, 0.5) is 0 Å². The summed E-state index contributed by atoms with van der Waals surface area (Å²) >= 11 is 7.17. The Labute approximate surface area is 157 Å². The topological polar surface area (TPSA) is 102 Å². The summed E-state index contributed by atoms with van der Waals surface area (Å²) in [5, 5.41) is 22.4. The SMILES string of the molecule is O=C(O)COc1c(C(=O)O)sc(-c2cnn(Cc3ccccc3)c2)c1Cl. The molecule has 3 aromatic rings. The smallest absolute Gasteiger partial charge is 0.349 e. The van der Waals surface area contributed by atoms with Crippen molar-refractivity contribution in [3.8, 4) is 16.2 Å². The monoisotopic (exact) mass is 392 g/mol. The van der Waals surface area contributed by atoms with Gasteiger partial charge in [0.15, 0.2) is 17.2 Å². The Morgan fingerprint density at radius 1 is 1.23 bits per heavy atom. The maximum absolute atomic E-state index is 11.4. The number of aliphatic carboxylic acids is 1. The lowest BCUT2D eigenvalue weighted by atomic mass is 10.2. The predicted molar refractivity (Wildman–Crippen MR) is 96.2 cm³/mol. The van der Waals surface area contributed by atoms with Crippen LogP contribution in [0.5, 0.6) is 5.75 Å². The number of aromatic carboxylic acids is 1. The van der Waals surface area contributed by atoms with Crippen molar-refractivity contribution < 1.29 is 24.5 Å². The van der Waals surface area contributed by atoms with Crippen LogP contribution in [0.2, 0.25) is 5.02 Å². The van der Waals surface area contributed by atoms with Crippen LogP contribution in [0.15, 0.2) is 42.7 Å². The Kier molecular flexibility index (Phi) is 5.24. The average molecular weight is 393 g/mol. The van der Waals surface area contributed by atoms with Crippen LogP contribution in [-0.2, 0) is 11.3 Å². The molecule has 0 aliphatic heterocycles. The van der Waals surface area contributed by atoms with Crippen molar-refractivity contribution in [2.45, 2.75) is 6.54 Å². The van der Waals surface area contributed by atoms with Crippen molar-refractivity contribution in [3.63, 3.8) is 0 Å². The minimum Gasteiger partial charge on any atom is -0.479 e.